The van der Waals surface area contributed by atoms with E-state index in [1.807, 2.05) is 0 Å². The SMILES string of the molecule is O=C(NCc1cn(CC(O)c2ccc(Cl)c(F)c2)nn1)C1CCNCC1. The van der Waals surface area contributed by atoms with Crippen LogP contribution >= 0.6 is 11.6 Å². The number of carbonyl (C=O) groups excluding carboxylic acids is 1. The van der Waals surface area contributed by atoms with Crippen LogP contribution in [0.2, 0.25) is 5.02 Å². The molecule has 1 saturated heterocycles. The highest BCUT2D eigenvalue weighted by atomic mass is 35.5. The fourth-order valence-electron chi connectivity index (χ4n) is 2.92. The zero-order valence-corrected chi connectivity index (χ0v) is 14.9. The molecule has 2 heterocycles. The van der Waals surface area contributed by atoms with E-state index in [1.165, 1.54) is 16.8 Å². The number of amides is 1. The van der Waals surface area contributed by atoms with Gasteiger partial charge in [-0.25, -0.2) is 9.07 Å². The molecule has 0 spiro atoms. The zero-order chi connectivity index (χ0) is 18.5. The summed E-state index contributed by atoms with van der Waals surface area (Å²) in [5.41, 5.74) is 1.00. The molecule has 1 atom stereocenters. The van der Waals surface area contributed by atoms with Crippen LogP contribution in [0.1, 0.15) is 30.2 Å². The average Bonchev–Trinajstić information content (AvgIpc) is 3.10. The molecule has 1 aromatic carbocycles. The van der Waals surface area contributed by atoms with Crippen molar-refractivity contribution >= 4 is 17.5 Å². The number of aliphatic hydroxyl groups is 1. The van der Waals surface area contributed by atoms with Crippen LogP contribution in [0.3, 0.4) is 0 Å². The molecule has 3 N–H and O–H groups in total. The number of aromatic nitrogens is 3. The van der Waals surface area contributed by atoms with Gasteiger partial charge in [-0.1, -0.05) is 22.9 Å². The maximum Gasteiger partial charge on any atom is 0.223 e. The Bertz CT molecular complexity index is 763. The smallest absolute Gasteiger partial charge is 0.223 e. The number of nitrogens with zero attached hydrogens (tertiary/aromatic N) is 3. The van der Waals surface area contributed by atoms with E-state index < -0.39 is 11.9 Å². The summed E-state index contributed by atoms with van der Waals surface area (Å²) < 4.78 is 15.0. The quantitative estimate of drug-likeness (QED) is 0.703. The number of hydrogen-bond donors (Lipinski definition) is 3. The van der Waals surface area contributed by atoms with Gasteiger partial charge in [0, 0.05) is 5.92 Å². The first-order chi connectivity index (χ1) is 12.5. The minimum Gasteiger partial charge on any atom is -0.386 e. The average molecular weight is 382 g/mol. The highest BCUT2D eigenvalue weighted by Gasteiger charge is 2.20. The molecule has 140 valence electrons. The van der Waals surface area contributed by atoms with E-state index in [2.05, 4.69) is 20.9 Å². The van der Waals surface area contributed by atoms with Crippen molar-refractivity contribution in [3.63, 3.8) is 0 Å². The van der Waals surface area contributed by atoms with Crippen molar-refractivity contribution in [1.29, 1.82) is 0 Å². The summed E-state index contributed by atoms with van der Waals surface area (Å²) in [5, 5.41) is 24.2. The third kappa shape index (κ3) is 4.78. The van der Waals surface area contributed by atoms with Crippen LogP contribution in [0, 0.1) is 11.7 Å². The van der Waals surface area contributed by atoms with Crippen molar-refractivity contribution in [2.45, 2.75) is 32.0 Å². The molecule has 0 radical (unpaired) electrons. The normalized spacial score (nSPS) is 16.4. The van der Waals surface area contributed by atoms with E-state index in [0.29, 0.717) is 11.3 Å². The summed E-state index contributed by atoms with van der Waals surface area (Å²) in [6.07, 6.45) is 2.38. The maximum atomic E-state index is 13.5. The Labute approximate surface area is 155 Å². The molecule has 1 aromatic heterocycles. The molecular weight excluding hydrogens is 361 g/mol. The van der Waals surface area contributed by atoms with E-state index in [0.717, 1.165) is 25.9 Å². The Morgan fingerprint density at radius 3 is 2.96 bits per heavy atom. The standard InChI is InChI=1S/C17H21ClFN5O2/c18-14-2-1-12(7-15(14)19)16(25)10-24-9-13(22-23-24)8-21-17(26)11-3-5-20-6-4-11/h1-2,7,9,11,16,20,25H,3-6,8,10H2,(H,21,26). The largest absolute Gasteiger partial charge is 0.386 e. The summed E-state index contributed by atoms with van der Waals surface area (Å²) in [6, 6.07) is 4.16. The monoisotopic (exact) mass is 381 g/mol. The fraction of sp³-hybridized carbons (Fsp3) is 0.471. The van der Waals surface area contributed by atoms with Crippen molar-refractivity contribution in [2.24, 2.45) is 5.92 Å². The van der Waals surface area contributed by atoms with E-state index in [-0.39, 0.29) is 29.9 Å². The number of benzene rings is 1. The van der Waals surface area contributed by atoms with E-state index in [4.69, 9.17) is 11.6 Å². The summed E-state index contributed by atoms with van der Waals surface area (Å²) >= 11 is 5.64. The van der Waals surface area contributed by atoms with Gasteiger partial charge in [0.2, 0.25) is 5.91 Å². The lowest BCUT2D eigenvalue weighted by Crippen LogP contribution is -2.37. The third-order valence-electron chi connectivity index (χ3n) is 4.43. The first-order valence-corrected chi connectivity index (χ1v) is 8.91. The molecule has 7 nitrogen and oxygen atoms in total. The highest BCUT2D eigenvalue weighted by Crippen LogP contribution is 2.21. The van der Waals surface area contributed by atoms with Crippen LogP contribution in [-0.4, -0.2) is 39.1 Å². The molecule has 1 amide bonds. The van der Waals surface area contributed by atoms with Crippen LogP contribution in [0.5, 0.6) is 0 Å². The molecule has 1 fully saturated rings. The van der Waals surface area contributed by atoms with Crippen molar-refractivity contribution < 1.29 is 14.3 Å². The maximum absolute atomic E-state index is 13.5. The lowest BCUT2D eigenvalue weighted by molar-refractivity contribution is -0.125. The number of aliphatic hydroxyl groups excluding tert-OH is 1. The number of carbonyl (C=O) groups is 1. The van der Waals surface area contributed by atoms with Crippen LogP contribution in [-0.2, 0) is 17.9 Å². The van der Waals surface area contributed by atoms with Crippen LogP contribution in [0.4, 0.5) is 4.39 Å². The number of rotatable bonds is 6. The second-order valence-corrected chi connectivity index (χ2v) is 6.77. The zero-order valence-electron chi connectivity index (χ0n) is 14.2. The first kappa shape index (κ1) is 18.8. The molecule has 1 unspecified atom stereocenters. The minimum absolute atomic E-state index is 0.00785. The Kier molecular flexibility index (Phi) is 6.18. The van der Waals surface area contributed by atoms with Gasteiger partial charge in [-0.3, -0.25) is 4.79 Å². The van der Waals surface area contributed by atoms with Crippen molar-refractivity contribution in [2.75, 3.05) is 13.1 Å². The molecular formula is C17H21ClFN5O2. The van der Waals surface area contributed by atoms with Gasteiger partial charge in [0.15, 0.2) is 0 Å². The van der Waals surface area contributed by atoms with Gasteiger partial charge in [-0.15, -0.1) is 5.10 Å². The molecule has 0 saturated carbocycles. The molecule has 1 aliphatic heterocycles. The molecule has 1 aliphatic rings. The Balaban J connectivity index is 1.52. The topological polar surface area (TPSA) is 92.1 Å². The molecule has 0 aliphatic carbocycles. The predicted molar refractivity (Wildman–Crippen MR) is 93.8 cm³/mol. The van der Waals surface area contributed by atoms with Crippen LogP contribution < -0.4 is 10.6 Å². The second-order valence-electron chi connectivity index (χ2n) is 6.36. The van der Waals surface area contributed by atoms with Crippen molar-refractivity contribution in [3.05, 3.63) is 46.5 Å². The van der Waals surface area contributed by atoms with Gasteiger partial charge in [0.25, 0.3) is 0 Å². The Morgan fingerprint density at radius 1 is 1.46 bits per heavy atom. The molecule has 9 heteroatoms. The lowest BCUT2D eigenvalue weighted by atomic mass is 9.97. The van der Waals surface area contributed by atoms with Crippen LogP contribution in [0.25, 0.3) is 0 Å². The van der Waals surface area contributed by atoms with E-state index >= 15 is 0 Å². The van der Waals surface area contributed by atoms with Crippen LogP contribution in [0.15, 0.2) is 24.4 Å². The van der Waals surface area contributed by atoms with Gasteiger partial charge in [0.05, 0.1) is 30.4 Å². The fourth-order valence-corrected chi connectivity index (χ4v) is 3.03. The van der Waals surface area contributed by atoms with Gasteiger partial charge in [-0.05, 0) is 43.6 Å². The molecule has 3 rings (SSSR count). The summed E-state index contributed by atoms with van der Waals surface area (Å²) in [7, 11) is 0. The lowest BCUT2D eigenvalue weighted by Gasteiger charge is -2.21. The van der Waals surface area contributed by atoms with E-state index in [9.17, 15) is 14.3 Å². The van der Waals surface area contributed by atoms with Crippen molar-refractivity contribution in [1.82, 2.24) is 25.6 Å². The highest BCUT2D eigenvalue weighted by molar-refractivity contribution is 6.30. The number of halogens is 2. The first-order valence-electron chi connectivity index (χ1n) is 8.53. The Hall–Kier alpha value is -2.03. The van der Waals surface area contributed by atoms with Gasteiger partial charge in [-0.2, -0.15) is 0 Å². The molecule has 26 heavy (non-hydrogen) atoms. The number of nitrogens with one attached hydrogen (secondary N) is 2. The molecule has 0 bridgehead atoms. The second kappa shape index (κ2) is 8.57. The molecule has 2 aromatic rings. The third-order valence-corrected chi connectivity index (χ3v) is 4.73. The number of piperidine rings is 1. The number of hydrogen-bond acceptors (Lipinski definition) is 5. The van der Waals surface area contributed by atoms with Gasteiger partial charge >= 0.3 is 0 Å². The predicted octanol–water partition coefficient (Wildman–Crippen LogP) is 1.42. The summed E-state index contributed by atoms with van der Waals surface area (Å²) in [5.74, 6) is -0.520. The summed E-state index contributed by atoms with van der Waals surface area (Å²) in [6.45, 7) is 2.12. The summed E-state index contributed by atoms with van der Waals surface area (Å²) in [4.78, 5) is 12.1. The van der Waals surface area contributed by atoms with Gasteiger partial charge < -0.3 is 15.7 Å². The van der Waals surface area contributed by atoms with E-state index in [1.54, 1.807) is 12.3 Å². The van der Waals surface area contributed by atoms with Crippen molar-refractivity contribution in [3.8, 4) is 0 Å². The van der Waals surface area contributed by atoms with Gasteiger partial charge in [0.1, 0.15) is 11.5 Å². The Morgan fingerprint density at radius 2 is 2.23 bits per heavy atom. The minimum atomic E-state index is -0.944.